The number of carbonyl (C=O) groups excluding carboxylic acids is 2. The normalized spacial score (nSPS) is 10.4. The first-order valence-corrected chi connectivity index (χ1v) is 5.78. The second-order valence-corrected chi connectivity index (χ2v) is 4.38. The topological polar surface area (TPSA) is 85.5 Å². The number of aryl methyl sites for hydroxylation is 1. The van der Waals surface area contributed by atoms with E-state index in [1.807, 2.05) is 13.8 Å². The van der Waals surface area contributed by atoms with Gasteiger partial charge in [0.15, 0.2) is 0 Å². The number of esters is 2. The highest BCUT2D eigenvalue weighted by molar-refractivity contribution is 5.96. The molecule has 0 spiro atoms. The molecule has 1 N–H and O–H groups in total. The van der Waals surface area contributed by atoms with Crippen LogP contribution in [0.25, 0.3) is 0 Å². The van der Waals surface area contributed by atoms with Crippen molar-refractivity contribution < 1.29 is 19.1 Å². The van der Waals surface area contributed by atoms with Gasteiger partial charge in [0.2, 0.25) is 5.43 Å². The highest BCUT2D eigenvalue weighted by atomic mass is 16.5. The van der Waals surface area contributed by atoms with Crippen molar-refractivity contribution in [3.63, 3.8) is 0 Å². The Morgan fingerprint density at radius 2 is 1.53 bits per heavy atom. The van der Waals surface area contributed by atoms with Gasteiger partial charge in [0, 0.05) is 11.4 Å². The molecule has 6 nitrogen and oxygen atoms in total. The van der Waals surface area contributed by atoms with Crippen LogP contribution in [0.1, 0.15) is 51.9 Å². The van der Waals surface area contributed by atoms with Gasteiger partial charge in [-0.3, -0.25) is 4.79 Å². The van der Waals surface area contributed by atoms with Crippen molar-refractivity contribution in [3.05, 3.63) is 32.7 Å². The van der Waals surface area contributed by atoms with E-state index in [9.17, 15) is 14.4 Å². The van der Waals surface area contributed by atoms with Crippen molar-refractivity contribution in [2.45, 2.75) is 26.7 Å². The molecule has 1 aromatic heterocycles. The van der Waals surface area contributed by atoms with Gasteiger partial charge in [0.05, 0.1) is 14.2 Å². The van der Waals surface area contributed by atoms with Crippen molar-refractivity contribution in [2.24, 2.45) is 0 Å². The maximum absolute atomic E-state index is 12.3. The van der Waals surface area contributed by atoms with Gasteiger partial charge in [-0.2, -0.15) is 0 Å². The number of ether oxygens (including phenoxy) is 2. The number of nitrogens with one attached hydrogen (secondary N) is 1. The second-order valence-electron chi connectivity index (χ2n) is 4.38. The number of pyridine rings is 1. The van der Waals surface area contributed by atoms with E-state index in [-0.39, 0.29) is 17.0 Å². The van der Waals surface area contributed by atoms with Gasteiger partial charge in [-0.05, 0) is 12.8 Å². The van der Waals surface area contributed by atoms with Crippen molar-refractivity contribution in [3.8, 4) is 0 Å². The van der Waals surface area contributed by atoms with E-state index in [1.165, 1.54) is 14.2 Å². The van der Waals surface area contributed by atoms with Crippen molar-refractivity contribution in [2.75, 3.05) is 14.2 Å². The quantitative estimate of drug-likeness (QED) is 0.836. The number of aromatic nitrogens is 1. The van der Waals surface area contributed by atoms with Gasteiger partial charge in [-0.25, -0.2) is 9.59 Å². The summed E-state index contributed by atoms with van der Waals surface area (Å²) in [5, 5.41) is 0. The molecule has 0 amide bonds. The molecular weight excluding hydrogens is 250 g/mol. The van der Waals surface area contributed by atoms with Crippen LogP contribution in [-0.2, 0) is 9.47 Å². The zero-order valence-corrected chi connectivity index (χ0v) is 11.6. The average molecular weight is 267 g/mol. The number of rotatable bonds is 3. The van der Waals surface area contributed by atoms with Gasteiger partial charge in [-0.1, -0.05) is 13.8 Å². The fourth-order valence-corrected chi connectivity index (χ4v) is 1.83. The van der Waals surface area contributed by atoms with Crippen LogP contribution >= 0.6 is 0 Å². The van der Waals surface area contributed by atoms with Crippen LogP contribution in [-0.4, -0.2) is 31.1 Å². The van der Waals surface area contributed by atoms with E-state index >= 15 is 0 Å². The summed E-state index contributed by atoms with van der Waals surface area (Å²) in [4.78, 5) is 38.6. The summed E-state index contributed by atoms with van der Waals surface area (Å²) in [5.41, 5.74) is -0.176. The van der Waals surface area contributed by atoms with E-state index in [1.54, 1.807) is 6.92 Å². The molecule has 19 heavy (non-hydrogen) atoms. The highest BCUT2D eigenvalue weighted by Crippen LogP contribution is 2.17. The van der Waals surface area contributed by atoms with Gasteiger partial charge in [0.25, 0.3) is 0 Å². The molecule has 1 heterocycles. The van der Waals surface area contributed by atoms with Crippen LogP contribution in [0, 0.1) is 6.92 Å². The Balaban J connectivity index is 3.71. The molecule has 0 aliphatic rings. The van der Waals surface area contributed by atoms with Crippen molar-refractivity contribution in [1.29, 1.82) is 0 Å². The van der Waals surface area contributed by atoms with Gasteiger partial charge >= 0.3 is 11.9 Å². The molecule has 0 atom stereocenters. The Hall–Kier alpha value is -2.11. The minimum Gasteiger partial charge on any atom is -0.465 e. The first kappa shape index (κ1) is 14.9. The number of carbonyl (C=O) groups is 2. The van der Waals surface area contributed by atoms with E-state index in [0.717, 1.165) is 0 Å². The molecule has 0 bridgehead atoms. The van der Waals surface area contributed by atoms with Crippen LogP contribution in [0.3, 0.4) is 0 Å². The van der Waals surface area contributed by atoms with E-state index < -0.39 is 17.4 Å². The van der Waals surface area contributed by atoms with Gasteiger partial charge < -0.3 is 14.5 Å². The van der Waals surface area contributed by atoms with E-state index in [4.69, 9.17) is 0 Å². The van der Waals surface area contributed by atoms with Crippen LogP contribution in [0.5, 0.6) is 0 Å². The molecule has 0 aliphatic carbocycles. The lowest BCUT2D eigenvalue weighted by Gasteiger charge is -2.14. The lowest BCUT2D eigenvalue weighted by atomic mass is 9.99. The van der Waals surface area contributed by atoms with Crippen LogP contribution in [0.2, 0.25) is 0 Å². The predicted molar refractivity (Wildman–Crippen MR) is 68.6 cm³/mol. The molecule has 1 rings (SSSR count). The first-order valence-electron chi connectivity index (χ1n) is 5.78. The van der Waals surface area contributed by atoms with Crippen LogP contribution in [0.15, 0.2) is 4.79 Å². The molecule has 0 saturated heterocycles. The average Bonchev–Trinajstić information content (AvgIpc) is 2.36. The Kier molecular flexibility index (Phi) is 4.47. The summed E-state index contributed by atoms with van der Waals surface area (Å²) in [6.07, 6.45) is 0. The zero-order valence-electron chi connectivity index (χ0n) is 11.6. The number of hydrogen-bond acceptors (Lipinski definition) is 5. The van der Waals surface area contributed by atoms with Crippen LogP contribution < -0.4 is 5.43 Å². The molecular formula is C13H17NO5. The molecule has 6 heteroatoms. The number of H-pyrrole nitrogens is 1. The molecule has 0 aromatic carbocycles. The smallest absolute Gasteiger partial charge is 0.343 e. The summed E-state index contributed by atoms with van der Waals surface area (Å²) >= 11 is 0. The predicted octanol–water partition coefficient (Wildman–Crippen LogP) is 1.38. The number of methoxy groups -OCH3 is 2. The molecule has 0 aliphatic heterocycles. The maximum Gasteiger partial charge on any atom is 0.343 e. The third-order valence-corrected chi connectivity index (χ3v) is 2.78. The SMILES string of the molecule is COC(=O)c1c(C)[nH]c(C(C)C)c(C(=O)OC)c1=O. The Morgan fingerprint density at radius 1 is 1.05 bits per heavy atom. The molecule has 0 unspecified atom stereocenters. The highest BCUT2D eigenvalue weighted by Gasteiger charge is 2.26. The third kappa shape index (κ3) is 2.67. The molecule has 0 radical (unpaired) electrons. The van der Waals surface area contributed by atoms with E-state index in [2.05, 4.69) is 14.5 Å². The fraction of sp³-hybridized carbons (Fsp3) is 0.462. The number of hydrogen-bond donors (Lipinski definition) is 1. The van der Waals surface area contributed by atoms with Crippen molar-refractivity contribution >= 4 is 11.9 Å². The lowest BCUT2D eigenvalue weighted by molar-refractivity contribution is 0.0593. The summed E-state index contributed by atoms with van der Waals surface area (Å²) in [5.74, 6) is -1.64. The molecule has 0 saturated carbocycles. The monoisotopic (exact) mass is 267 g/mol. The Morgan fingerprint density at radius 3 is 1.95 bits per heavy atom. The van der Waals surface area contributed by atoms with Gasteiger partial charge in [-0.15, -0.1) is 0 Å². The van der Waals surface area contributed by atoms with Crippen molar-refractivity contribution in [1.82, 2.24) is 4.98 Å². The summed E-state index contributed by atoms with van der Waals surface area (Å²) < 4.78 is 9.16. The minimum atomic E-state index is -0.779. The molecule has 0 fully saturated rings. The minimum absolute atomic E-state index is 0.0906. The molecule has 104 valence electrons. The maximum atomic E-state index is 12.3. The first-order chi connectivity index (χ1) is 8.84. The largest absolute Gasteiger partial charge is 0.465 e. The second kappa shape index (κ2) is 5.69. The summed E-state index contributed by atoms with van der Waals surface area (Å²) in [6.45, 7) is 5.24. The summed E-state index contributed by atoms with van der Waals surface area (Å²) in [6, 6.07) is 0. The zero-order chi connectivity index (χ0) is 14.7. The fourth-order valence-electron chi connectivity index (χ4n) is 1.83. The standard InChI is InChI=1S/C13H17NO5/c1-6(2)10-9(13(17)19-5)11(15)8(7(3)14-10)12(16)18-4/h6H,1-5H3,(H,14,15). The summed E-state index contributed by atoms with van der Waals surface area (Å²) in [7, 11) is 2.36. The number of aromatic amines is 1. The van der Waals surface area contributed by atoms with Crippen LogP contribution in [0.4, 0.5) is 0 Å². The Bertz CT molecular complexity index is 571. The van der Waals surface area contributed by atoms with Gasteiger partial charge in [0.1, 0.15) is 11.1 Å². The lowest BCUT2D eigenvalue weighted by Crippen LogP contribution is -2.28. The Labute approximate surface area is 110 Å². The van der Waals surface area contributed by atoms with E-state index in [0.29, 0.717) is 11.4 Å². The third-order valence-electron chi connectivity index (χ3n) is 2.78. The molecule has 1 aromatic rings.